The second kappa shape index (κ2) is 3.01. The van der Waals surface area contributed by atoms with Crippen molar-refractivity contribution in [1.29, 1.82) is 0 Å². The SMILES string of the molecule is CC1(C)C2CC=C3C(=O)OCC4CC(O)C1C34C2. The van der Waals surface area contributed by atoms with Crippen LogP contribution in [-0.4, -0.2) is 23.8 Å². The molecule has 0 aromatic rings. The largest absolute Gasteiger partial charge is 0.462 e. The van der Waals surface area contributed by atoms with Gasteiger partial charge in [-0.15, -0.1) is 0 Å². The van der Waals surface area contributed by atoms with Gasteiger partial charge in [0.1, 0.15) is 0 Å². The van der Waals surface area contributed by atoms with E-state index in [9.17, 15) is 9.90 Å². The minimum absolute atomic E-state index is 0.0683. The number of aliphatic hydroxyl groups is 1. The molecule has 0 aromatic heterocycles. The molecule has 1 saturated heterocycles. The molecular formula is C15H20O3. The first-order chi connectivity index (χ1) is 8.48. The molecule has 3 nitrogen and oxygen atoms in total. The zero-order valence-corrected chi connectivity index (χ0v) is 11.0. The van der Waals surface area contributed by atoms with Crippen LogP contribution in [0.2, 0.25) is 0 Å². The normalized spacial score (nSPS) is 51.7. The Morgan fingerprint density at radius 2 is 2.17 bits per heavy atom. The van der Waals surface area contributed by atoms with Gasteiger partial charge in [-0.25, -0.2) is 4.79 Å². The van der Waals surface area contributed by atoms with Crippen molar-refractivity contribution in [3.05, 3.63) is 11.6 Å². The quantitative estimate of drug-likeness (QED) is 0.666. The van der Waals surface area contributed by atoms with Gasteiger partial charge in [0.25, 0.3) is 0 Å². The summed E-state index contributed by atoms with van der Waals surface area (Å²) in [5.74, 6) is 1.06. The van der Waals surface area contributed by atoms with Gasteiger partial charge in [-0.2, -0.15) is 0 Å². The highest BCUT2D eigenvalue weighted by Gasteiger charge is 2.71. The average Bonchev–Trinajstić information content (AvgIpc) is 2.68. The summed E-state index contributed by atoms with van der Waals surface area (Å²) in [6.45, 7) is 5.06. The Hall–Kier alpha value is -0.830. The van der Waals surface area contributed by atoms with Gasteiger partial charge in [0, 0.05) is 22.8 Å². The molecule has 3 fully saturated rings. The van der Waals surface area contributed by atoms with Crippen LogP contribution in [0.1, 0.15) is 33.1 Å². The topological polar surface area (TPSA) is 46.5 Å². The average molecular weight is 248 g/mol. The Balaban J connectivity index is 1.94. The van der Waals surface area contributed by atoms with Gasteiger partial charge in [-0.1, -0.05) is 19.9 Å². The molecule has 3 heteroatoms. The van der Waals surface area contributed by atoms with E-state index in [0.29, 0.717) is 18.4 Å². The standard InChI is InChI=1S/C15H20O3/c1-14(2)8-3-4-10-13(17)18-7-9-5-11(16)12(14)15(9,10)6-8/h4,8-9,11-12,16H,3,5-7H2,1-2H3. The molecule has 5 unspecified atom stereocenters. The Kier molecular flexibility index (Phi) is 1.84. The van der Waals surface area contributed by atoms with Crippen molar-refractivity contribution in [1.82, 2.24) is 0 Å². The van der Waals surface area contributed by atoms with Crippen LogP contribution in [0.15, 0.2) is 11.6 Å². The maximum atomic E-state index is 12.1. The number of aliphatic hydroxyl groups excluding tert-OH is 1. The van der Waals surface area contributed by atoms with Crippen LogP contribution in [0.25, 0.3) is 0 Å². The van der Waals surface area contributed by atoms with Crippen molar-refractivity contribution in [3.63, 3.8) is 0 Å². The minimum atomic E-state index is -0.272. The zero-order chi connectivity index (χ0) is 12.7. The molecule has 0 aromatic carbocycles. The number of rotatable bonds is 0. The van der Waals surface area contributed by atoms with Gasteiger partial charge in [0.15, 0.2) is 0 Å². The summed E-state index contributed by atoms with van der Waals surface area (Å²) in [6.07, 6.45) is 4.68. The highest BCUT2D eigenvalue weighted by Crippen LogP contribution is 2.72. The van der Waals surface area contributed by atoms with E-state index in [4.69, 9.17) is 4.74 Å². The number of cyclic esters (lactones) is 1. The van der Waals surface area contributed by atoms with Crippen LogP contribution in [0.3, 0.4) is 0 Å². The Morgan fingerprint density at radius 1 is 1.39 bits per heavy atom. The smallest absolute Gasteiger partial charge is 0.334 e. The first-order valence-electron chi connectivity index (χ1n) is 7.03. The first kappa shape index (κ1) is 11.0. The Labute approximate surface area is 107 Å². The molecule has 4 aliphatic rings. The second-order valence-corrected chi connectivity index (χ2v) is 7.19. The molecule has 0 amide bonds. The van der Waals surface area contributed by atoms with Gasteiger partial charge in [0.2, 0.25) is 0 Å². The lowest BCUT2D eigenvalue weighted by molar-refractivity contribution is -0.149. The number of hydrogen-bond donors (Lipinski definition) is 1. The third-order valence-electron chi connectivity index (χ3n) is 6.38. The van der Waals surface area contributed by atoms with Crippen molar-refractivity contribution >= 4 is 5.97 Å². The molecular weight excluding hydrogens is 228 g/mol. The predicted octanol–water partition coefficient (Wildman–Crippen LogP) is 1.90. The van der Waals surface area contributed by atoms with Crippen molar-refractivity contribution in [3.8, 4) is 0 Å². The summed E-state index contributed by atoms with van der Waals surface area (Å²) in [4.78, 5) is 12.1. The van der Waals surface area contributed by atoms with Gasteiger partial charge >= 0.3 is 5.97 Å². The second-order valence-electron chi connectivity index (χ2n) is 7.19. The van der Waals surface area contributed by atoms with Crippen molar-refractivity contribution in [2.45, 2.75) is 39.2 Å². The van der Waals surface area contributed by atoms with Crippen LogP contribution in [-0.2, 0) is 9.53 Å². The minimum Gasteiger partial charge on any atom is -0.462 e. The fourth-order valence-corrected chi connectivity index (χ4v) is 5.69. The van der Waals surface area contributed by atoms with E-state index in [2.05, 4.69) is 19.9 Å². The molecule has 1 spiro atoms. The van der Waals surface area contributed by atoms with Crippen molar-refractivity contribution in [2.24, 2.45) is 28.6 Å². The van der Waals surface area contributed by atoms with Crippen molar-refractivity contribution < 1.29 is 14.6 Å². The number of allylic oxidation sites excluding steroid dienone is 1. The molecule has 1 N–H and O–H groups in total. The van der Waals surface area contributed by atoms with E-state index < -0.39 is 0 Å². The lowest BCUT2D eigenvalue weighted by Crippen LogP contribution is -2.44. The molecule has 1 aliphatic heterocycles. The third-order valence-corrected chi connectivity index (χ3v) is 6.38. The highest BCUT2D eigenvalue weighted by atomic mass is 16.5. The van der Waals surface area contributed by atoms with Gasteiger partial charge < -0.3 is 9.84 Å². The molecule has 98 valence electrons. The molecule has 2 bridgehead atoms. The fourth-order valence-electron chi connectivity index (χ4n) is 5.69. The summed E-state index contributed by atoms with van der Waals surface area (Å²) in [7, 11) is 0. The van der Waals surface area contributed by atoms with E-state index in [1.54, 1.807) is 0 Å². The molecule has 2 saturated carbocycles. The number of fused-ring (bicyclic) bond motifs is 1. The first-order valence-corrected chi connectivity index (χ1v) is 7.03. The maximum absolute atomic E-state index is 12.1. The monoisotopic (exact) mass is 248 g/mol. The van der Waals surface area contributed by atoms with Gasteiger partial charge in [-0.05, 0) is 30.6 Å². The summed E-state index contributed by atoms with van der Waals surface area (Å²) in [5, 5.41) is 10.5. The highest BCUT2D eigenvalue weighted by molar-refractivity contribution is 5.91. The number of hydrogen-bond acceptors (Lipinski definition) is 3. The molecule has 18 heavy (non-hydrogen) atoms. The lowest BCUT2D eigenvalue weighted by Gasteiger charge is -2.43. The fraction of sp³-hybridized carbons (Fsp3) is 0.800. The number of carbonyl (C=O) groups excluding carboxylic acids is 1. The molecule has 1 heterocycles. The summed E-state index contributed by atoms with van der Waals surface area (Å²) >= 11 is 0. The third kappa shape index (κ3) is 0.965. The van der Waals surface area contributed by atoms with Gasteiger partial charge in [-0.3, -0.25) is 0 Å². The zero-order valence-electron chi connectivity index (χ0n) is 11.0. The number of ether oxygens (including phenoxy) is 1. The summed E-state index contributed by atoms with van der Waals surface area (Å²) in [6, 6.07) is 0. The van der Waals surface area contributed by atoms with E-state index in [-0.39, 0.29) is 28.8 Å². The molecule has 5 atom stereocenters. The van der Waals surface area contributed by atoms with Crippen molar-refractivity contribution in [2.75, 3.05) is 6.61 Å². The van der Waals surface area contributed by atoms with Crippen LogP contribution in [0.4, 0.5) is 0 Å². The molecule has 0 radical (unpaired) electrons. The lowest BCUT2D eigenvalue weighted by atomic mass is 9.63. The molecule has 4 rings (SSSR count). The number of carbonyl (C=O) groups is 1. The van der Waals surface area contributed by atoms with E-state index in [0.717, 1.165) is 24.8 Å². The van der Waals surface area contributed by atoms with Crippen LogP contribution in [0.5, 0.6) is 0 Å². The Bertz CT molecular complexity index is 464. The van der Waals surface area contributed by atoms with Crippen LogP contribution >= 0.6 is 0 Å². The van der Waals surface area contributed by atoms with E-state index >= 15 is 0 Å². The van der Waals surface area contributed by atoms with Crippen LogP contribution < -0.4 is 0 Å². The van der Waals surface area contributed by atoms with Gasteiger partial charge in [0.05, 0.1) is 12.7 Å². The summed E-state index contributed by atoms with van der Waals surface area (Å²) < 4.78 is 5.32. The number of esters is 1. The Morgan fingerprint density at radius 3 is 2.94 bits per heavy atom. The predicted molar refractivity (Wildman–Crippen MR) is 65.6 cm³/mol. The summed E-state index contributed by atoms with van der Waals surface area (Å²) in [5.41, 5.74) is 0.952. The maximum Gasteiger partial charge on any atom is 0.334 e. The van der Waals surface area contributed by atoms with E-state index in [1.807, 2.05) is 0 Å². The van der Waals surface area contributed by atoms with Crippen LogP contribution in [0, 0.1) is 28.6 Å². The molecule has 3 aliphatic carbocycles. The van der Waals surface area contributed by atoms with E-state index in [1.165, 1.54) is 0 Å².